The van der Waals surface area contributed by atoms with Crippen molar-refractivity contribution in [1.82, 2.24) is 0 Å². The topological polar surface area (TPSA) is 54.0 Å². The minimum absolute atomic E-state index is 0.125. The first-order chi connectivity index (χ1) is 8.17. The van der Waals surface area contributed by atoms with Gasteiger partial charge in [-0.05, 0) is 6.07 Å². The van der Waals surface area contributed by atoms with E-state index in [2.05, 4.69) is 4.74 Å². The van der Waals surface area contributed by atoms with Crippen LogP contribution in [0.3, 0.4) is 0 Å². The predicted molar refractivity (Wildman–Crippen MR) is 61.8 cm³/mol. The summed E-state index contributed by atoms with van der Waals surface area (Å²) >= 11 is 0. The molecule has 0 heterocycles. The summed E-state index contributed by atoms with van der Waals surface area (Å²) in [7, 11) is 5.91. The number of methoxy groups -OCH3 is 4. The van der Waals surface area contributed by atoms with Gasteiger partial charge in [0.15, 0.2) is 11.5 Å². The van der Waals surface area contributed by atoms with Crippen molar-refractivity contribution in [1.29, 1.82) is 0 Å². The molecular weight excluding hydrogens is 224 g/mol. The van der Waals surface area contributed by atoms with Gasteiger partial charge in [0.25, 0.3) is 0 Å². The zero-order valence-corrected chi connectivity index (χ0v) is 10.4. The largest absolute Gasteiger partial charge is 0.493 e. The van der Waals surface area contributed by atoms with Gasteiger partial charge in [-0.2, -0.15) is 0 Å². The van der Waals surface area contributed by atoms with E-state index in [1.54, 1.807) is 12.1 Å². The summed E-state index contributed by atoms with van der Waals surface area (Å²) in [6.45, 7) is 0. The highest BCUT2D eigenvalue weighted by Gasteiger charge is 2.17. The highest BCUT2D eigenvalue weighted by atomic mass is 16.5. The molecule has 0 bridgehead atoms. The van der Waals surface area contributed by atoms with E-state index >= 15 is 0 Å². The molecule has 1 rings (SSSR count). The molecule has 0 aliphatic carbocycles. The Kier molecular flexibility index (Phi) is 4.63. The lowest BCUT2D eigenvalue weighted by Gasteiger charge is -2.15. The predicted octanol–water partition coefficient (Wildman–Crippen LogP) is 1.43. The van der Waals surface area contributed by atoms with Crippen LogP contribution in [0.15, 0.2) is 12.1 Å². The van der Waals surface area contributed by atoms with Crippen molar-refractivity contribution in [2.75, 3.05) is 28.4 Å². The number of carbonyl (C=O) groups excluding carboxylic acids is 1. The van der Waals surface area contributed by atoms with Gasteiger partial charge in [-0.3, -0.25) is 4.79 Å². The Balaban J connectivity index is 3.18. The molecule has 0 N–H and O–H groups in total. The second kappa shape index (κ2) is 5.98. The number of benzene rings is 1. The first-order valence-electron chi connectivity index (χ1n) is 5.02. The van der Waals surface area contributed by atoms with Crippen LogP contribution >= 0.6 is 0 Å². The van der Waals surface area contributed by atoms with E-state index in [-0.39, 0.29) is 12.4 Å². The Labute approximate surface area is 100 Å². The van der Waals surface area contributed by atoms with Crippen LogP contribution in [0.2, 0.25) is 0 Å². The van der Waals surface area contributed by atoms with Gasteiger partial charge in [0.1, 0.15) is 0 Å². The SMILES string of the molecule is COC(=O)Cc1ccc(OC)c(OC)c1OC. The molecule has 0 spiro atoms. The molecule has 0 saturated heterocycles. The zero-order valence-electron chi connectivity index (χ0n) is 10.4. The Morgan fingerprint density at radius 1 is 1.00 bits per heavy atom. The summed E-state index contributed by atoms with van der Waals surface area (Å²) in [5.41, 5.74) is 0.692. The van der Waals surface area contributed by atoms with Crippen LogP contribution in [-0.4, -0.2) is 34.4 Å². The van der Waals surface area contributed by atoms with Gasteiger partial charge in [0, 0.05) is 5.56 Å². The van der Waals surface area contributed by atoms with Crippen LogP contribution in [0.4, 0.5) is 0 Å². The Bertz CT molecular complexity index is 400. The fourth-order valence-electron chi connectivity index (χ4n) is 1.53. The van der Waals surface area contributed by atoms with Crippen molar-refractivity contribution in [3.63, 3.8) is 0 Å². The third-order valence-electron chi connectivity index (χ3n) is 2.35. The second-order valence-electron chi connectivity index (χ2n) is 3.25. The molecule has 0 amide bonds. The summed E-state index contributed by atoms with van der Waals surface area (Å²) in [6, 6.07) is 3.47. The summed E-state index contributed by atoms with van der Waals surface area (Å²) in [6.07, 6.45) is 0.125. The summed E-state index contributed by atoms with van der Waals surface area (Å²) < 4.78 is 20.2. The molecule has 0 aromatic heterocycles. The van der Waals surface area contributed by atoms with E-state index in [0.29, 0.717) is 22.8 Å². The molecule has 17 heavy (non-hydrogen) atoms. The maximum atomic E-state index is 11.3. The molecule has 0 fully saturated rings. The number of esters is 1. The van der Waals surface area contributed by atoms with Gasteiger partial charge in [-0.25, -0.2) is 0 Å². The first-order valence-corrected chi connectivity index (χ1v) is 5.02. The number of rotatable bonds is 5. The quantitative estimate of drug-likeness (QED) is 0.729. The molecule has 0 radical (unpaired) electrons. The van der Waals surface area contributed by atoms with Gasteiger partial charge in [0.05, 0.1) is 34.9 Å². The highest BCUT2D eigenvalue weighted by Crippen LogP contribution is 2.39. The lowest BCUT2D eigenvalue weighted by Crippen LogP contribution is -2.07. The molecule has 1 aromatic rings. The van der Waals surface area contributed by atoms with E-state index in [1.165, 1.54) is 28.4 Å². The maximum Gasteiger partial charge on any atom is 0.310 e. The van der Waals surface area contributed by atoms with Crippen molar-refractivity contribution in [2.24, 2.45) is 0 Å². The summed E-state index contributed by atoms with van der Waals surface area (Å²) in [5, 5.41) is 0. The van der Waals surface area contributed by atoms with E-state index < -0.39 is 0 Å². The maximum absolute atomic E-state index is 11.3. The van der Waals surface area contributed by atoms with Crippen molar-refractivity contribution in [2.45, 2.75) is 6.42 Å². The minimum atomic E-state index is -0.337. The normalized spacial score (nSPS) is 9.65. The van der Waals surface area contributed by atoms with Gasteiger partial charge in [-0.15, -0.1) is 0 Å². The highest BCUT2D eigenvalue weighted by molar-refractivity contribution is 5.74. The molecule has 0 atom stereocenters. The third kappa shape index (κ3) is 2.81. The fourth-order valence-corrected chi connectivity index (χ4v) is 1.53. The average Bonchev–Trinajstić information content (AvgIpc) is 2.37. The standard InChI is InChI=1S/C12H16O5/c1-14-9-6-5-8(7-10(13)15-2)11(16-3)12(9)17-4/h5-6H,7H2,1-4H3. The van der Waals surface area contributed by atoms with Crippen LogP contribution in [0.1, 0.15) is 5.56 Å². The molecule has 0 unspecified atom stereocenters. The molecule has 94 valence electrons. The smallest absolute Gasteiger partial charge is 0.310 e. The van der Waals surface area contributed by atoms with Gasteiger partial charge in [0.2, 0.25) is 5.75 Å². The minimum Gasteiger partial charge on any atom is -0.493 e. The van der Waals surface area contributed by atoms with E-state index in [4.69, 9.17) is 14.2 Å². The third-order valence-corrected chi connectivity index (χ3v) is 2.35. The molecule has 0 saturated carbocycles. The van der Waals surface area contributed by atoms with Crippen molar-refractivity contribution < 1.29 is 23.7 Å². The average molecular weight is 240 g/mol. The van der Waals surface area contributed by atoms with E-state index in [0.717, 1.165) is 0 Å². The van der Waals surface area contributed by atoms with Crippen molar-refractivity contribution >= 4 is 5.97 Å². The van der Waals surface area contributed by atoms with E-state index in [1.807, 2.05) is 0 Å². The second-order valence-corrected chi connectivity index (χ2v) is 3.25. The molecule has 5 nitrogen and oxygen atoms in total. The first kappa shape index (κ1) is 13.2. The van der Waals surface area contributed by atoms with E-state index in [9.17, 15) is 4.79 Å². The van der Waals surface area contributed by atoms with Crippen LogP contribution in [0.25, 0.3) is 0 Å². The Morgan fingerprint density at radius 2 is 1.65 bits per heavy atom. The monoisotopic (exact) mass is 240 g/mol. The number of hydrogen-bond donors (Lipinski definition) is 0. The van der Waals surface area contributed by atoms with Crippen LogP contribution < -0.4 is 14.2 Å². The lowest BCUT2D eigenvalue weighted by atomic mass is 10.1. The van der Waals surface area contributed by atoms with Crippen molar-refractivity contribution in [3.05, 3.63) is 17.7 Å². The summed E-state index contributed by atoms with van der Waals surface area (Å²) in [5.74, 6) is 1.17. The lowest BCUT2D eigenvalue weighted by molar-refractivity contribution is -0.139. The summed E-state index contributed by atoms with van der Waals surface area (Å²) in [4.78, 5) is 11.3. The molecule has 5 heteroatoms. The molecule has 0 aliphatic heterocycles. The van der Waals surface area contributed by atoms with Gasteiger partial charge in [-0.1, -0.05) is 6.07 Å². The fraction of sp³-hybridized carbons (Fsp3) is 0.417. The molecule has 0 aliphatic rings. The van der Waals surface area contributed by atoms with Crippen molar-refractivity contribution in [3.8, 4) is 17.2 Å². The Hall–Kier alpha value is -1.91. The van der Waals surface area contributed by atoms with Crippen LogP contribution in [0, 0.1) is 0 Å². The number of hydrogen-bond acceptors (Lipinski definition) is 5. The molecular formula is C12H16O5. The number of ether oxygens (including phenoxy) is 4. The molecule has 1 aromatic carbocycles. The van der Waals surface area contributed by atoms with Gasteiger partial charge >= 0.3 is 5.97 Å². The number of carbonyl (C=O) groups is 1. The van der Waals surface area contributed by atoms with Crippen LogP contribution in [-0.2, 0) is 16.0 Å². The zero-order chi connectivity index (χ0) is 12.8. The van der Waals surface area contributed by atoms with Gasteiger partial charge < -0.3 is 18.9 Å². The van der Waals surface area contributed by atoms with Crippen LogP contribution in [0.5, 0.6) is 17.2 Å². The Morgan fingerprint density at radius 3 is 2.12 bits per heavy atom.